The average Bonchev–Trinajstić information content (AvgIpc) is 2.37. The summed E-state index contributed by atoms with van der Waals surface area (Å²) in [6.45, 7) is 0.299. The molecule has 0 fully saturated rings. The summed E-state index contributed by atoms with van der Waals surface area (Å²) in [4.78, 5) is 8.00. The van der Waals surface area contributed by atoms with Crippen molar-refractivity contribution in [2.24, 2.45) is 0 Å². The van der Waals surface area contributed by atoms with Crippen molar-refractivity contribution in [3.8, 4) is 5.75 Å². The maximum atomic E-state index is 11.2. The minimum Gasteiger partial charge on any atom is -0.486 e. The molecule has 0 saturated heterocycles. The van der Waals surface area contributed by atoms with E-state index in [2.05, 4.69) is 25.9 Å². The maximum absolute atomic E-state index is 11.2. The second-order valence-electron chi connectivity index (χ2n) is 3.86. The van der Waals surface area contributed by atoms with E-state index in [9.17, 15) is 8.42 Å². The first kappa shape index (κ1) is 14.0. The molecule has 2 rings (SSSR count). The number of sulfone groups is 1. The van der Waals surface area contributed by atoms with Crippen LogP contribution in [0.1, 0.15) is 5.69 Å². The van der Waals surface area contributed by atoms with Crippen LogP contribution in [0.3, 0.4) is 0 Å². The van der Waals surface area contributed by atoms with Gasteiger partial charge in [-0.1, -0.05) is 0 Å². The van der Waals surface area contributed by atoms with Crippen molar-refractivity contribution in [2.75, 3.05) is 6.26 Å². The minimum atomic E-state index is -3.28. The van der Waals surface area contributed by atoms with Crippen molar-refractivity contribution in [3.63, 3.8) is 0 Å². The van der Waals surface area contributed by atoms with E-state index < -0.39 is 9.84 Å². The van der Waals surface area contributed by atoms with E-state index >= 15 is 0 Å². The highest BCUT2D eigenvalue weighted by atomic mass is 79.9. The van der Waals surface area contributed by atoms with Crippen LogP contribution in [-0.4, -0.2) is 24.6 Å². The molecule has 100 valence electrons. The van der Waals surface area contributed by atoms with Crippen LogP contribution in [0.15, 0.2) is 46.2 Å². The second-order valence-corrected chi connectivity index (χ2v) is 6.74. The zero-order valence-corrected chi connectivity index (χ0v) is 12.5. The standard InChI is InChI=1S/C12H11BrN2O3S/c1-19(16,17)12-5-4-11(7-15-12)18-8-10-3-2-9(13)6-14-10/h2-7H,8H2,1H3. The van der Waals surface area contributed by atoms with Crippen molar-refractivity contribution in [2.45, 2.75) is 11.6 Å². The normalized spacial score (nSPS) is 11.3. The number of aromatic nitrogens is 2. The van der Waals surface area contributed by atoms with E-state index in [1.165, 1.54) is 12.3 Å². The quantitative estimate of drug-likeness (QED) is 0.851. The zero-order valence-electron chi connectivity index (χ0n) is 10.1. The predicted molar refractivity (Wildman–Crippen MR) is 73.6 cm³/mol. The van der Waals surface area contributed by atoms with E-state index in [0.717, 1.165) is 16.4 Å². The van der Waals surface area contributed by atoms with Crippen LogP contribution in [0.2, 0.25) is 0 Å². The lowest BCUT2D eigenvalue weighted by molar-refractivity contribution is 0.299. The monoisotopic (exact) mass is 342 g/mol. The van der Waals surface area contributed by atoms with Crippen LogP contribution < -0.4 is 4.74 Å². The Morgan fingerprint density at radius 2 is 1.95 bits per heavy atom. The van der Waals surface area contributed by atoms with Crippen LogP contribution in [0, 0.1) is 0 Å². The van der Waals surface area contributed by atoms with E-state index in [1.54, 1.807) is 12.3 Å². The third-order valence-electron chi connectivity index (χ3n) is 2.26. The fourth-order valence-corrected chi connectivity index (χ4v) is 2.11. The summed E-state index contributed by atoms with van der Waals surface area (Å²) in [6.07, 6.45) is 4.18. The second kappa shape index (κ2) is 5.66. The molecule has 0 atom stereocenters. The van der Waals surface area contributed by atoms with E-state index in [1.807, 2.05) is 12.1 Å². The maximum Gasteiger partial charge on any atom is 0.192 e. The molecule has 0 spiro atoms. The Morgan fingerprint density at radius 3 is 2.47 bits per heavy atom. The molecule has 0 aliphatic carbocycles. The molecule has 0 bridgehead atoms. The Bertz CT molecular complexity index is 654. The first-order valence-corrected chi connectivity index (χ1v) is 8.03. The van der Waals surface area contributed by atoms with Crippen molar-refractivity contribution >= 4 is 25.8 Å². The van der Waals surface area contributed by atoms with E-state index in [0.29, 0.717) is 12.4 Å². The molecule has 2 aromatic heterocycles. The van der Waals surface area contributed by atoms with Gasteiger partial charge in [0.2, 0.25) is 0 Å². The summed E-state index contributed by atoms with van der Waals surface area (Å²) in [5.41, 5.74) is 0.774. The van der Waals surface area contributed by atoms with Gasteiger partial charge in [-0.05, 0) is 40.2 Å². The molecule has 0 aromatic carbocycles. The summed E-state index contributed by atoms with van der Waals surface area (Å²) >= 11 is 3.30. The van der Waals surface area contributed by atoms with Crippen molar-refractivity contribution in [3.05, 3.63) is 46.8 Å². The van der Waals surface area contributed by atoms with Gasteiger partial charge >= 0.3 is 0 Å². The molecule has 0 radical (unpaired) electrons. The van der Waals surface area contributed by atoms with Gasteiger partial charge in [-0.25, -0.2) is 13.4 Å². The summed E-state index contributed by atoms with van der Waals surface area (Å²) in [5, 5.41) is 0.0293. The van der Waals surface area contributed by atoms with Gasteiger partial charge in [-0.3, -0.25) is 4.98 Å². The highest BCUT2D eigenvalue weighted by Gasteiger charge is 2.08. The van der Waals surface area contributed by atoms with Crippen LogP contribution in [0.4, 0.5) is 0 Å². The number of rotatable bonds is 4. The molecular formula is C12H11BrN2O3S. The minimum absolute atomic E-state index is 0.0293. The van der Waals surface area contributed by atoms with Gasteiger partial charge in [0.05, 0.1) is 11.9 Å². The molecule has 19 heavy (non-hydrogen) atoms. The highest BCUT2D eigenvalue weighted by Crippen LogP contribution is 2.14. The molecule has 5 nitrogen and oxygen atoms in total. The van der Waals surface area contributed by atoms with Crippen molar-refractivity contribution in [1.82, 2.24) is 9.97 Å². The Morgan fingerprint density at radius 1 is 1.16 bits per heavy atom. The fraction of sp³-hybridized carbons (Fsp3) is 0.167. The third kappa shape index (κ3) is 4.00. The highest BCUT2D eigenvalue weighted by molar-refractivity contribution is 9.10. The molecule has 0 aliphatic rings. The Hall–Kier alpha value is -1.47. The number of nitrogens with zero attached hydrogens (tertiary/aromatic N) is 2. The zero-order chi connectivity index (χ0) is 13.9. The van der Waals surface area contributed by atoms with Crippen molar-refractivity contribution < 1.29 is 13.2 Å². The van der Waals surface area contributed by atoms with Gasteiger partial charge in [-0.15, -0.1) is 0 Å². The number of hydrogen-bond acceptors (Lipinski definition) is 5. The van der Waals surface area contributed by atoms with Gasteiger partial charge in [0.25, 0.3) is 0 Å². The number of ether oxygens (including phenoxy) is 1. The lowest BCUT2D eigenvalue weighted by Gasteiger charge is -2.05. The SMILES string of the molecule is CS(=O)(=O)c1ccc(OCc2ccc(Br)cn2)cn1. The molecular weight excluding hydrogens is 332 g/mol. The molecule has 0 unspecified atom stereocenters. The van der Waals surface area contributed by atoms with Gasteiger partial charge in [0.1, 0.15) is 12.4 Å². The fourth-order valence-electron chi connectivity index (χ4n) is 1.32. The van der Waals surface area contributed by atoms with Gasteiger partial charge in [0.15, 0.2) is 14.9 Å². The molecule has 2 aromatic rings. The topological polar surface area (TPSA) is 69.2 Å². The van der Waals surface area contributed by atoms with Gasteiger partial charge < -0.3 is 4.74 Å². The summed E-state index contributed by atoms with van der Waals surface area (Å²) in [6, 6.07) is 6.70. The lowest BCUT2D eigenvalue weighted by atomic mass is 10.4. The molecule has 7 heteroatoms. The van der Waals surface area contributed by atoms with Gasteiger partial charge in [0, 0.05) is 16.9 Å². The number of hydrogen-bond donors (Lipinski definition) is 0. The number of pyridine rings is 2. The molecule has 2 heterocycles. The van der Waals surface area contributed by atoms with E-state index in [-0.39, 0.29) is 5.03 Å². The van der Waals surface area contributed by atoms with E-state index in [4.69, 9.17) is 4.74 Å². The summed E-state index contributed by atoms with van der Waals surface area (Å²) in [7, 11) is -3.28. The van der Waals surface area contributed by atoms with Crippen LogP contribution in [-0.2, 0) is 16.4 Å². The largest absolute Gasteiger partial charge is 0.486 e. The Balaban J connectivity index is 2.02. The molecule has 0 amide bonds. The van der Waals surface area contributed by atoms with Crippen LogP contribution in [0.5, 0.6) is 5.75 Å². The Kier molecular flexibility index (Phi) is 4.16. The number of halogens is 1. The summed E-state index contributed by atoms with van der Waals surface area (Å²) in [5.74, 6) is 0.497. The first-order chi connectivity index (χ1) is 8.95. The van der Waals surface area contributed by atoms with Crippen molar-refractivity contribution in [1.29, 1.82) is 0 Å². The molecule has 0 saturated carbocycles. The predicted octanol–water partition coefficient (Wildman–Crippen LogP) is 2.22. The third-order valence-corrected chi connectivity index (χ3v) is 3.73. The van der Waals surface area contributed by atoms with Crippen LogP contribution in [0.25, 0.3) is 0 Å². The molecule has 0 aliphatic heterocycles. The smallest absolute Gasteiger partial charge is 0.192 e. The van der Waals surface area contributed by atoms with Crippen LogP contribution >= 0.6 is 15.9 Å². The summed E-state index contributed by atoms with van der Waals surface area (Å²) < 4.78 is 28.8. The Labute approximate surface area is 119 Å². The average molecular weight is 343 g/mol. The first-order valence-electron chi connectivity index (χ1n) is 5.34. The molecule has 0 N–H and O–H groups in total. The lowest BCUT2D eigenvalue weighted by Crippen LogP contribution is -2.02. The van der Waals surface area contributed by atoms with Gasteiger partial charge in [-0.2, -0.15) is 0 Å².